The van der Waals surface area contributed by atoms with Crippen LogP contribution < -0.4 is 0 Å². The number of alkyl halides is 3. The quantitative estimate of drug-likeness (QED) is 0.246. The topological polar surface area (TPSA) is 87.8 Å². The smallest absolute Gasteiger partial charge is 0.416 e. The minimum absolute atomic E-state index is 0.0809. The SMILES string of the molecule is Cc1c(C(=O)O)oc2ccc(S(=O)(=O)N(CCc3ccccc3)Cc3ccc(Br)cc3C(F)(F)F)cc12. The van der Waals surface area contributed by atoms with E-state index in [1.54, 1.807) is 24.3 Å². The molecule has 0 saturated heterocycles. The number of sulfonamides is 1. The van der Waals surface area contributed by atoms with Crippen LogP contribution in [0.5, 0.6) is 0 Å². The molecule has 37 heavy (non-hydrogen) atoms. The maximum Gasteiger partial charge on any atom is 0.416 e. The first-order chi connectivity index (χ1) is 17.4. The molecule has 0 atom stereocenters. The molecule has 0 amide bonds. The summed E-state index contributed by atoms with van der Waals surface area (Å²) >= 11 is 3.05. The van der Waals surface area contributed by atoms with Crippen LogP contribution in [0.25, 0.3) is 11.0 Å². The van der Waals surface area contributed by atoms with Crippen LogP contribution in [0.1, 0.15) is 32.8 Å². The minimum Gasteiger partial charge on any atom is -0.475 e. The maximum absolute atomic E-state index is 13.8. The lowest BCUT2D eigenvalue weighted by molar-refractivity contribution is -0.138. The largest absolute Gasteiger partial charge is 0.475 e. The Morgan fingerprint density at radius 2 is 1.76 bits per heavy atom. The van der Waals surface area contributed by atoms with Gasteiger partial charge in [0, 0.05) is 28.5 Å². The molecule has 0 fully saturated rings. The van der Waals surface area contributed by atoms with E-state index in [1.807, 2.05) is 6.07 Å². The van der Waals surface area contributed by atoms with E-state index in [2.05, 4.69) is 15.9 Å². The third kappa shape index (κ3) is 5.73. The molecular formula is C26H21BrF3NO5S. The van der Waals surface area contributed by atoms with Crippen LogP contribution >= 0.6 is 15.9 Å². The fourth-order valence-electron chi connectivity index (χ4n) is 4.04. The molecule has 0 saturated carbocycles. The van der Waals surface area contributed by atoms with Gasteiger partial charge in [0.05, 0.1) is 10.5 Å². The Morgan fingerprint density at radius 3 is 2.41 bits per heavy atom. The number of furan rings is 1. The van der Waals surface area contributed by atoms with Gasteiger partial charge in [-0.1, -0.05) is 52.3 Å². The first-order valence-electron chi connectivity index (χ1n) is 11.0. The Morgan fingerprint density at radius 1 is 1.05 bits per heavy atom. The lowest BCUT2D eigenvalue weighted by atomic mass is 10.1. The van der Waals surface area contributed by atoms with E-state index >= 15 is 0 Å². The highest BCUT2D eigenvalue weighted by Crippen LogP contribution is 2.36. The molecular weight excluding hydrogens is 575 g/mol. The highest BCUT2D eigenvalue weighted by molar-refractivity contribution is 9.10. The van der Waals surface area contributed by atoms with Crippen molar-refractivity contribution in [2.45, 2.75) is 31.0 Å². The van der Waals surface area contributed by atoms with Gasteiger partial charge in [-0.25, -0.2) is 13.2 Å². The van der Waals surface area contributed by atoms with E-state index in [9.17, 15) is 31.5 Å². The lowest BCUT2D eigenvalue weighted by Gasteiger charge is -2.24. The van der Waals surface area contributed by atoms with Gasteiger partial charge in [-0.2, -0.15) is 17.5 Å². The molecule has 0 aliphatic heterocycles. The summed E-state index contributed by atoms with van der Waals surface area (Å²) in [4.78, 5) is 11.2. The monoisotopic (exact) mass is 595 g/mol. The van der Waals surface area contributed by atoms with Gasteiger partial charge >= 0.3 is 12.1 Å². The predicted octanol–water partition coefficient (Wildman–Crippen LogP) is 6.65. The summed E-state index contributed by atoms with van der Waals surface area (Å²) in [6.07, 6.45) is -4.41. The van der Waals surface area contributed by atoms with Crippen LogP contribution in [0, 0.1) is 6.92 Å². The van der Waals surface area contributed by atoms with Crippen LogP contribution in [0.15, 0.2) is 80.5 Å². The van der Waals surface area contributed by atoms with Crippen molar-refractivity contribution >= 4 is 42.9 Å². The molecule has 3 aromatic carbocycles. The summed E-state index contributed by atoms with van der Waals surface area (Å²) < 4.78 is 75.4. The summed E-state index contributed by atoms with van der Waals surface area (Å²) in [5.41, 5.74) is 0.136. The number of hydrogen-bond donors (Lipinski definition) is 1. The standard InChI is InChI=1S/C26H21BrF3NO5S/c1-16-21-14-20(9-10-23(21)36-24(16)25(32)33)37(34,35)31(12-11-17-5-3-2-4-6-17)15-18-7-8-19(27)13-22(18)26(28,29)30/h2-10,13-14H,11-12,15H2,1H3,(H,32,33). The van der Waals surface area contributed by atoms with Crippen molar-refractivity contribution < 1.29 is 35.9 Å². The molecule has 1 N–H and O–H groups in total. The Bertz CT molecular complexity index is 1570. The number of benzene rings is 3. The van der Waals surface area contributed by atoms with Crippen molar-refractivity contribution in [2.24, 2.45) is 0 Å². The van der Waals surface area contributed by atoms with E-state index in [0.717, 1.165) is 15.9 Å². The van der Waals surface area contributed by atoms with Gasteiger partial charge < -0.3 is 9.52 Å². The molecule has 0 bridgehead atoms. The van der Waals surface area contributed by atoms with Gasteiger partial charge in [-0.05, 0) is 54.8 Å². The Balaban J connectivity index is 1.78. The van der Waals surface area contributed by atoms with E-state index in [-0.39, 0.29) is 44.8 Å². The summed E-state index contributed by atoms with van der Waals surface area (Å²) in [5.74, 6) is -1.60. The van der Waals surface area contributed by atoms with E-state index in [1.165, 1.54) is 37.3 Å². The van der Waals surface area contributed by atoms with Gasteiger partial charge in [-0.15, -0.1) is 0 Å². The molecule has 0 unspecified atom stereocenters. The molecule has 194 valence electrons. The number of rotatable bonds is 8. The minimum atomic E-state index is -4.69. The molecule has 1 aromatic heterocycles. The number of carboxylic acids is 1. The molecule has 1 heterocycles. The number of nitrogens with zero attached hydrogens (tertiary/aromatic N) is 1. The Kier molecular flexibility index (Phi) is 7.50. The summed E-state index contributed by atoms with van der Waals surface area (Å²) in [7, 11) is -4.30. The molecule has 0 aliphatic carbocycles. The number of hydrogen-bond acceptors (Lipinski definition) is 4. The van der Waals surface area contributed by atoms with Crippen LogP contribution in [-0.4, -0.2) is 30.3 Å². The second-order valence-electron chi connectivity index (χ2n) is 8.39. The molecule has 4 aromatic rings. The van der Waals surface area contributed by atoms with Crippen molar-refractivity contribution in [3.8, 4) is 0 Å². The van der Waals surface area contributed by atoms with Crippen LogP contribution in [0.3, 0.4) is 0 Å². The first kappa shape index (κ1) is 26.9. The second-order valence-corrected chi connectivity index (χ2v) is 11.2. The van der Waals surface area contributed by atoms with E-state index < -0.39 is 34.3 Å². The average Bonchev–Trinajstić information content (AvgIpc) is 3.18. The summed E-state index contributed by atoms with van der Waals surface area (Å²) in [6, 6.07) is 16.5. The number of aromatic carboxylic acids is 1. The zero-order chi connectivity index (χ0) is 27.0. The van der Waals surface area contributed by atoms with Crippen molar-refractivity contribution in [3.05, 3.63) is 99.2 Å². The predicted molar refractivity (Wildman–Crippen MR) is 135 cm³/mol. The average molecular weight is 596 g/mol. The van der Waals surface area contributed by atoms with Gasteiger partial charge in [0.15, 0.2) is 0 Å². The normalized spacial score (nSPS) is 12.4. The molecule has 11 heteroatoms. The number of aryl methyl sites for hydroxylation is 1. The van der Waals surface area contributed by atoms with Crippen LogP contribution in [0.2, 0.25) is 0 Å². The Hall–Kier alpha value is -3.15. The zero-order valence-corrected chi connectivity index (χ0v) is 21.8. The van der Waals surface area contributed by atoms with Crippen molar-refractivity contribution in [2.75, 3.05) is 6.54 Å². The molecule has 0 radical (unpaired) electrons. The fourth-order valence-corrected chi connectivity index (χ4v) is 5.84. The third-order valence-corrected chi connectivity index (χ3v) is 8.29. The van der Waals surface area contributed by atoms with Crippen LogP contribution in [-0.2, 0) is 29.2 Å². The highest BCUT2D eigenvalue weighted by atomic mass is 79.9. The van der Waals surface area contributed by atoms with Crippen LogP contribution in [0.4, 0.5) is 13.2 Å². The van der Waals surface area contributed by atoms with Crippen molar-refractivity contribution in [1.82, 2.24) is 4.31 Å². The fraction of sp³-hybridized carbons (Fsp3) is 0.192. The first-order valence-corrected chi connectivity index (χ1v) is 13.3. The number of halogens is 4. The van der Waals surface area contributed by atoms with Gasteiger partial charge in [0.25, 0.3) is 0 Å². The van der Waals surface area contributed by atoms with Crippen molar-refractivity contribution in [3.63, 3.8) is 0 Å². The number of fused-ring (bicyclic) bond motifs is 1. The molecule has 0 aliphatic rings. The molecule has 0 spiro atoms. The number of carboxylic acid groups (broad SMARTS) is 1. The summed E-state index contributed by atoms with van der Waals surface area (Å²) in [6.45, 7) is 0.902. The maximum atomic E-state index is 13.8. The van der Waals surface area contributed by atoms with Gasteiger partial charge in [0.1, 0.15) is 5.58 Å². The van der Waals surface area contributed by atoms with E-state index in [4.69, 9.17) is 4.42 Å². The second kappa shape index (κ2) is 10.3. The molecule has 6 nitrogen and oxygen atoms in total. The van der Waals surface area contributed by atoms with E-state index in [0.29, 0.717) is 5.39 Å². The van der Waals surface area contributed by atoms with Gasteiger partial charge in [0.2, 0.25) is 15.8 Å². The third-order valence-electron chi connectivity index (χ3n) is 5.96. The number of carbonyl (C=O) groups is 1. The Labute approximate surface area is 219 Å². The van der Waals surface area contributed by atoms with Gasteiger partial charge in [-0.3, -0.25) is 0 Å². The lowest BCUT2D eigenvalue weighted by Crippen LogP contribution is -2.33. The zero-order valence-electron chi connectivity index (χ0n) is 19.4. The van der Waals surface area contributed by atoms with Crippen molar-refractivity contribution in [1.29, 1.82) is 0 Å². The molecule has 4 rings (SSSR count). The highest BCUT2D eigenvalue weighted by Gasteiger charge is 2.35. The summed E-state index contributed by atoms with van der Waals surface area (Å²) in [5, 5.41) is 9.61.